The summed E-state index contributed by atoms with van der Waals surface area (Å²) in [6, 6.07) is 0.980. The summed E-state index contributed by atoms with van der Waals surface area (Å²) in [5, 5.41) is 0. The Morgan fingerprint density at radius 3 is 2.64 bits per heavy atom. The highest BCUT2D eigenvalue weighted by atomic mass is 32.2. The van der Waals surface area contributed by atoms with Crippen LogP contribution in [0.15, 0.2) is 0 Å². The highest BCUT2D eigenvalue weighted by Gasteiger charge is 2.24. The van der Waals surface area contributed by atoms with Gasteiger partial charge in [-0.3, -0.25) is 4.90 Å². The van der Waals surface area contributed by atoms with Crippen LogP contribution in [0.5, 0.6) is 0 Å². The molecule has 0 aromatic heterocycles. The SMILES string of the molecule is C1CC(N2CCCSCC2)C1. The smallest absolute Gasteiger partial charge is 0.00956 e. The van der Waals surface area contributed by atoms with Gasteiger partial charge in [0.1, 0.15) is 0 Å². The third-order valence-corrected chi connectivity index (χ3v) is 3.90. The summed E-state index contributed by atoms with van der Waals surface area (Å²) in [5.74, 6) is 2.76. The molecule has 0 radical (unpaired) electrons. The molecule has 1 saturated heterocycles. The molecule has 1 aliphatic heterocycles. The molecule has 1 saturated carbocycles. The maximum absolute atomic E-state index is 2.71. The van der Waals surface area contributed by atoms with E-state index in [9.17, 15) is 0 Å². The van der Waals surface area contributed by atoms with E-state index in [2.05, 4.69) is 16.7 Å². The van der Waals surface area contributed by atoms with Gasteiger partial charge in [0.15, 0.2) is 0 Å². The largest absolute Gasteiger partial charge is 0.300 e. The topological polar surface area (TPSA) is 3.24 Å². The first-order chi connectivity index (χ1) is 5.47. The van der Waals surface area contributed by atoms with Gasteiger partial charge < -0.3 is 0 Å². The quantitative estimate of drug-likeness (QED) is 0.593. The van der Waals surface area contributed by atoms with E-state index in [1.54, 1.807) is 0 Å². The van der Waals surface area contributed by atoms with Crippen LogP contribution in [0.25, 0.3) is 0 Å². The maximum atomic E-state index is 2.71. The molecule has 0 spiro atoms. The van der Waals surface area contributed by atoms with Crippen molar-refractivity contribution < 1.29 is 0 Å². The summed E-state index contributed by atoms with van der Waals surface area (Å²) in [5.41, 5.74) is 0. The lowest BCUT2D eigenvalue weighted by atomic mass is 9.91. The number of hydrogen-bond donors (Lipinski definition) is 0. The fourth-order valence-electron chi connectivity index (χ4n) is 1.88. The second-order valence-electron chi connectivity index (χ2n) is 3.59. The Bertz CT molecular complexity index is 115. The average Bonchev–Trinajstić information content (AvgIpc) is 2.12. The molecular formula is C9H17NS. The molecule has 0 atom stereocenters. The Morgan fingerprint density at radius 1 is 1.00 bits per heavy atom. The Morgan fingerprint density at radius 2 is 1.91 bits per heavy atom. The standard InChI is InChI=1S/C9H17NS/c1-3-9(4-1)10-5-2-7-11-8-6-10/h9H,1-8H2. The molecule has 64 valence electrons. The van der Waals surface area contributed by atoms with Gasteiger partial charge in [-0.25, -0.2) is 0 Å². The van der Waals surface area contributed by atoms with Gasteiger partial charge in [0.25, 0.3) is 0 Å². The minimum atomic E-state index is 0.980. The first kappa shape index (κ1) is 7.93. The van der Waals surface area contributed by atoms with Crippen molar-refractivity contribution in [2.75, 3.05) is 24.6 Å². The lowest BCUT2D eigenvalue weighted by Crippen LogP contribution is -2.41. The second-order valence-corrected chi connectivity index (χ2v) is 4.81. The van der Waals surface area contributed by atoms with Gasteiger partial charge in [0.05, 0.1) is 0 Å². The number of rotatable bonds is 1. The normalized spacial score (nSPS) is 29.5. The Kier molecular flexibility index (Phi) is 2.75. The zero-order chi connectivity index (χ0) is 7.52. The van der Waals surface area contributed by atoms with Gasteiger partial charge in [0.2, 0.25) is 0 Å². The molecule has 2 aliphatic rings. The highest BCUT2D eigenvalue weighted by Crippen LogP contribution is 2.26. The molecule has 2 rings (SSSR count). The van der Waals surface area contributed by atoms with Crippen LogP contribution in [-0.4, -0.2) is 35.5 Å². The first-order valence-electron chi connectivity index (χ1n) is 4.78. The van der Waals surface area contributed by atoms with Crippen LogP contribution >= 0.6 is 11.8 Å². The lowest BCUT2D eigenvalue weighted by Gasteiger charge is -2.36. The molecule has 0 aromatic rings. The summed E-state index contributed by atoms with van der Waals surface area (Å²) in [6.45, 7) is 2.73. The average molecular weight is 171 g/mol. The molecule has 2 heteroatoms. The molecule has 2 fully saturated rings. The van der Waals surface area contributed by atoms with Crippen LogP contribution in [0.3, 0.4) is 0 Å². The van der Waals surface area contributed by atoms with Crippen LogP contribution in [0, 0.1) is 0 Å². The lowest BCUT2D eigenvalue weighted by molar-refractivity contribution is 0.137. The van der Waals surface area contributed by atoms with Gasteiger partial charge in [0, 0.05) is 18.3 Å². The van der Waals surface area contributed by atoms with Gasteiger partial charge in [-0.1, -0.05) is 6.42 Å². The van der Waals surface area contributed by atoms with E-state index in [0.29, 0.717) is 0 Å². The summed E-state index contributed by atoms with van der Waals surface area (Å²) >= 11 is 2.13. The van der Waals surface area contributed by atoms with Gasteiger partial charge >= 0.3 is 0 Å². The van der Waals surface area contributed by atoms with Crippen LogP contribution < -0.4 is 0 Å². The number of hydrogen-bond acceptors (Lipinski definition) is 2. The molecule has 0 amide bonds. The van der Waals surface area contributed by atoms with Crippen molar-refractivity contribution in [2.45, 2.75) is 31.7 Å². The Labute approximate surface area is 73.5 Å². The molecule has 1 aliphatic carbocycles. The minimum Gasteiger partial charge on any atom is -0.300 e. The van der Waals surface area contributed by atoms with E-state index >= 15 is 0 Å². The summed E-state index contributed by atoms with van der Waals surface area (Å²) in [6.07, 6.45) is 5.85. The van der Waals surface area contributed by atoms with Crippen molar-refractivity contribution in [3.63, 3.8) is 0 Å². The van der Waals surface area contributed by atoms with Crippen molar-refractivity contribution in [1.29, 1.82) is 0 Å². The van der Waals surface area contributed by atoms with Crippen LogP contribution in [0.4, 0.5) is 0 Å². The van der Waals surface area contributed by atoms with E-state index in [-0.39, 0.29) is 0 Å². The van der Waals surface area contributed by atoms with Gasteiger partial charge in [-0.15, -0.1) is 0 Å². The third-order valence-electron chi connectivity index (χ3n) is 2.85. The molecule has 0 N–H and O–H groups in total. The second kappa shape index (κ2) is 3.81. The van der Waals surface area contributed by atoms with E-state index in [0.717, 1.165) is 6.04 Å². The molecule has 1 heterocycles. The van der Waals surface area contributed by atoms with Crippen molar-refractivity contribution in [1.82, 2.24) is 4.90 Å². The fraction of sp³-hybridized carbons (Fsp3) is 1.00. The van der Waals surface area contributed by atoms with E-state index in [4.69, 9.17) is 0 Å². The zero-order valence-electron chi connectivity index (χ0n) is 7.09. The molecule has 0 unspecified atom stereocenters. The molecule has 11 heavy (non-hydrogen) atoms. The van der Waals surface area contributed by atoms with Crippen LogP contribution in [0.1, 0.15) is 25.7 Å². The maximum Gasteiger partial charge on any atom is 0.00956 e. The number of nitrogens with zero attached hydrogens (tertiary/aromatic N) is 1. The highest BCUT2D eigenvalue weighted by molar-refractivity contribution is 7.99. The van der Waals surface area contributed by atoms with E-state index in [1.807, 2.05) is 0 Å². The van der Waals surface area contributed by atoms with Crippen molar-refractivity contribution >= 4 is 11.8 Å². The third kappa shape index (κ3) is 1.91. The molecule has 0 bridgehead atoms. The van der Waals surface area contributed by atoms with Crippen molar-refractivity contribution in [2.24, 2.45) is 0 Å². The number of thioether (sulfide) groups is 1. The molecule has 1 nitrogen and oxygen atoms in total. The zero-order valence-corrected chi connectivity index (χ0v) is 7.91. The summed E-state index contributed by atoms with van der Waals surface area (Å²) in [7, 11) is 0. The summed E-state index contributed by atoms with van der Waals surface area (Å²) < 4.78 is 0. The predicted octanol–water partition coefficient (Wildman–Crippen LogP) is 1.98. The van der Waals surface area contributed by atoms with Crippen molar-refractivity contribution in [3.8, 4) is 0 Å². The minimum absolute atomic E-state index is 0.980. The van der Waals surface area contributed by atoms with Crippen LogP contribution in [-0.2, 0) is 0 Å². The monoisotopic (exact) mass is 171 g/mol. The van der Waals surface area contributed by atoms with Gasteiger partial charge in [-0.2, -0.15) is 11.8 Å². The van der Waals surface area contributed by atoms with Crippen LogP contribution in [0.2, 0.25) is 0 Å². The van der Waals surface area contributed by atoms with E-state index in [1.165, 1.54) is 50.3 Å². The first-order valence-corrected chi connectivity index (χ1v) is 5.94. The Hall–Kier alpha value is 0.310. The molecule has 0 aromatic carbocycles. The van der Waals surface area contributed by atoms with E-state index < -0.39 is 0 Å². The molecular weight excluding hydrogens is 154 g/mol. The van der Waals surface area contributed by atoms with Crippen molar-refractivity contribution in [3.05, 3.63) is 0 Å². The predicted molar refractivity (Wildman–Crippen MR) is 51.2 cm³/mol. The summed E-state index contributed by atoms with van der Waals surface area (Å²) in [4.78, 5) is 2.71. The van der Waals surface area contributed by atoms with Gasteiger partial charge in [-0.05, 0) is 31.6 Å². The fourth-order valence-corrected chi connectivity index (χ4v) is 2.78. The Balaban J connectivity index is 1.80.